The van der Waals surface area contributed by atoms with Crippen LogP contribution in [0.15, 0.2) is 46.6 Å². The van der Waals surface area contributed by atoms with Crippen molar-refractivity contribution in [3.8, 4) is 11.5 Å². The third-order valence-electron chi connectivity index (χ3n) is 4.66. The van der Waals surface area contributed by atoms with Crippen LogP contribution in [0.25, 0.3) is 0 Å². The van der Waals surface area contributed by atoms with E-state index in [-0.39, 0.29) is 18.2 Å². The predicted octanol–water partition coefficient (Wildman–Crippen LogP) is 3.27. The van der Waals surface area contributed by atoms with E-state index >= 15 is 0 Å². The number of hydrogen-bond acceptors (Lipinski definition) is 7. The highest BCUT2D eigenvalue weighted by Crippen LogP contribution is 2.27. The minimum absolute atomic E-state index is 0.0443. The van der Waals surface area contributed by atoms with Crippen LogP contribution >= 0.6 is 11.8 Å². The van der Waals surface area contributed by atoms with Crippen molar-refractivity contribution in [1.82, 2.24) is 5.32 Å². The smallest absolute Gasteiger partial charge is 0.240 e. The summed E-state index contributed by atoms with van der Waals surface area (Å²) in [5.41, 5.74) is 3.50. The summed E-state index contributed by atoms with van der Waals surface area (Å²) in [6.45, 7) is 3.86. The van der Waals surface area contributed by atoms with Crippen molar-refractivity contribution in [3.63, 3.8) is 0 Å². The normalized spacial score (nSPS) is 17.1. The van der Waals surface area contributed by atoms with Crippen molar-refractivity contribution in [1.29, 1.82) is 0 Å². The summed E-state index contributed by atoms with van der Waals surface area (Å²) in [6.07, 6.45) is 1.59. The Hall–Kier alpha value is -3.33. The van der Waals surface area contributed by atoms with Gasteiger partial charge in [0.1, 0.15) is 5.25 Å². The number of amidine groups is 1. The fourth-order valence-corrected chi connectivity index (χ4v) is 3.96. The topological polar surface area (TPSA) is 101 Å². The second-order valence-electron chi connectivity index (χ2n) is 6.88. The minimum Gasteiger partial charge on any atom is -0.493 e. The molecule has 0 spiro atoms. The van der Waals surface area contributed by atoms with Gasteiger partial charge in [-0.2, -0.15) is 5.10 Å². The summed E-state index contributed by atoms with van der Waals surface area (Å²) in [7, 11) is 3.12. The average Bonchev–Trinajstić information content (AvgIpc) is 3.09. The molecule has 0 radical (unpaired) electrons. The van der Waals surface area contributed by atoms with Gasteiger partial charge in [0, 0.05) is 12.1 Å². The lowest BCUT2D eigenvalue weighted by molar-refractivity contribution is -0.122. The number of hydrogen-bond donors (Lipinski definition) is 2. The van der Waals surface area contributed by atoms with E-state index in [0.29, 0.717) is 16.7 Å². The van der Waals surface area contributed by atoms with Gasteiger partial charge in [-0.3, -0.25) is 9.59 Å². The first-order valence-electron chi connectivity index (χ1n) is 9.58. The molecule has 0 saturated carbocycles. The van der Waals surface area contributed by atoms with E-state index in [4.69, 9.17) is 9.47 Å². The Labute approximate surface area is 185 Å². The third kappa shape index (κ3) is 5.64. The number of benzene rings is 2. The minimum atomic E-state index is -0.556. The van der Waals surface area contributed by atoms with Crippen molar-refractivity contribution in [2.45, 2.75) is 25.5 Å². The molecule has 1 aliphatic heterocycles. The van der Waals surface area contributed by atoms with Gasteiger partial charge in [-0.1, -0.05) is 30.0 Å². The Bertz CT molecular complexity index is 1030. The van der Waals surface area contributed by atoms with Gasteiger partial charge in [-0.15, -0.1) is 5.10 Å². The van der Waals surface area contributed by atoms with Gasteiger partial charge in [0.05, 0.1) is 20.4 Å². The summed E-state index contributed by atoms with van der Waals surface area (Å²) >= 11 is 1.18. The number of nitrogens with zero attached hydrogens (tertiary/aromatic N) is 2. The number of thioether (sulfide) groups is 1. The number of methoxy groups -OCH3 is 2. The number of aryl methyl sites for hydroxylation is 2. The number of carbonyl (C=O) groups is 2. The zero-order valence-electron chi connectivity index (χ0n) is 17.8. The lowest BCUT2D eigenvalue weighted by atomic mass is 10.1. The van der Waals surface area contributed by atoms with E-state index in [1.807, 2.05) is 38.1 Å². The van der Waals surface area contributed by atoms with Gasteiger partial charge in [-0.05, 0) is 48.7 Å². The van der Waals surface area contributed by atoms with Gasteiger partial charge < -0.3 is 20.1 Å². The molecule has 1 aliphatic rings. The fourth-order valence-electron chi connectivity index (χ4n) is 3.04. The zero-order chi connectivity index (χ0) is 22.4. The molecule has 8 nitrogen and oxygen atoms in total. The summed E-state index contributed by atoms with van der Waals surface area (Å²) in [5, 5.41) is 13.4. The van der Waals surface area contributed by atoms with Crippen LogP contribution < -0.4 is 20.1 Å². The van der Waals surface area contributed by atoms with Gasteiger partial charge in [0.2, 0.25) is 11.8 Å². The predicted molar refractivity (Wildman–Crippen MR) is 123 cm³/mol. The van der Waals surface area contributed by atoms with Crippen LogP contribution in [0.2, 0.25) is 0 Å². The van der Waals surface area contributed by atoms with E-state index < -0.39 is 5.25 Å². The molecule has 2 amide bonds. The van der Waals surface area contributed by atoms with Crippen molar-refractivity contribution in [2.24, 2.45) is 10.2 Å². The Morgan fingerprint density at radius 2 is 1.87 bits per heavy atom. The van der Waals surface area contributed by atoms with Crippen molar-refractivity contribution >= 4 is 40.6 Å². The molecule has 1 heterocycles. The molecule has 0 aliphatic carbocycles. The first kappa shape index (κ1) is 22.4. The Kier molecular flexibility index (Phi) is 7.30. The number of ether oxygens (including phenoxy) is 2. The number of para-hydroxylation sites is 1. The molecule has 0 unspecified atom stereocenters. The molecule has 0 bridgehead atoms. The molecule has 9 heteroatoms. The largest absolute Gasteiger partial charge is 0.493 e. The maximum absolute atomic E-state index is 12.4. The molecule has 2 N–H and O–H groups in total. The summed E-state index contributed by atoms with van der Waals surface area (Å²) < 4.78 is 10.5. The summed E-state index contributed by atoms with van der Waals surface area (Å²) in [6, 6.07) is 11.1. The van der Waals surface area contributed by atoms with Crippen LogP contribution in [0.1, 0.15) is 23.1 Å². The van der Waals surface area contributed by atoms with Crippen LogP contribution in [-0.4, -0.2) is 42.7 Å². The molecular weight excluding hydrogens is 416 g/mol. The van der Waals surface area contributed by atoms with Gasteiger partial charge in [-0.25, -0.2) is 0 Å². The average molecular weight is 441 g/mol. The molecule has 1 atom stereocenters. The second kappa shape index (κ2) is 10.1. The Morgan fingerprint density at radius 1 is 1.16 bits per heavy atom. The van der Waals surface area contributed by atoms with E-state index in [1.54, 1.807) is 32.6 Å². The van der Waals surface area contributed by atoms with E-state index in [1.165, 1.54) is 11.8 Å². The number of amides is 2. The molecule has 0 aromatic heterocycles. The monoisotopic (exact) mass is 440 g/mol. The number of nitrogens with one attached hydrogen (secondary N) is 2. The quantitative estimate of drug-likeness (QED) is 0.508. The van der Waals surface area contributed by atoms with Gasteiger partial charge in [0.25, 0.3) is 0 Å². The van der Waals surface area contributed by atoms with Gasteiger partial charge in [0.15, 0.2) is 16.7 Å². The SMILES string of the molecule is COc1ccc(/C=N\N=C2\NC(=O)[C@@H](CC(=O)Nc3c(C)cccc3C)S2)cc1OC. The number of anilines is 1. The van der Waals surface area contributed by atoms with Crippen LogP contribution in [-0.2, 0) is 9.59 Å². The molecule has 3 rings (SSSR count). The molecule has 2 aromatic rings. The molecular formula is C22H24N4O4S. The summed E-state index contributed by atoms with van der Waals surface area (Å²) in [4.78, 5) is 24.7. The molecule has 162 valence electrons. The van der Waals surface area contributed by atoms with Crippen LogP contribution in [0.5, 0.6) is 11.5 Å². The Morgan fingerprint density at radius 3 is 2.55 bits per heavy atom. The first-order valence-corrected chi connectivity index (χ1v) is 10.5. The number of rotatable bonds is 7. The lowest BCUT2D eigenvalue weighted by Crippen LogP contribution is -2.28. The van der Waals surface area contributed by atoms with Crippen molar-refractivity contribution in [3.05, 3.63) is 53.1 Å². The first-order chi connectivity index (χ1) is 14.9. The van der Waals surface area contributed by atoms with Gasteiger partial charge >= 0.3 is 0 Å². The molecule has 2 aromatic carbocycles. The third-order valence-corrected chi connectivity index (χ3v) is 5.73. The molecule has 1 fully saturated rings. The van der Waals surface area contributed by atoms with Crippen LogP contribution in [0.3, 0.4) is 0 Å². The summed E-state index contributed by atoms with van der Waals surface area (Å²) in [5.74, 6) is 0.714. The van der Waals surface area contributed by atoms with E-state index in [2.05, 4.69) is 20.8 Å². The fraction of sp³-hybridized carbons (Fsp3) is 0.273. The highest BCUT2D eigenvalue weighted by Gasteiger charge is 2.32. The van der Waals surface area contributed by atoms with Crippen molar-refractivity contribution in [2.75, 3.05) is 19.5 Å². The standard InChI is InChI=1S/C22H24N4O4S/c1-13-6-5-7-14(2)20(13)24-19(27)11-18-21(28)25-22(31-18)26-23-12-15-8-9-16(29-3)17(10-15)30-4/h5-10,12,18H,11H2,1-4H3,(H,24,27)(H,25,26,28)/b23-12-/t18-/m1/s1. The highest BCUT2D eigenvalue weighted by atomic mass is 32.2. The zero-order valence-corrected chi connectivity index (χ0v) is 18.6. The van der Waals surface area contributed by atoms with E-state index in [9.17, 15) is 9.59 Å². The van der Waals surface area contributed by atoms with Crippen LogP contribution in [0, 0.1) is 13.8 Å². The van der Waals surface area contributed by atoms with E-state index in [0.717, 1.165) is 22.4 Å². The Balaban J connectivity index is 1.60. The maximum Gasteiger partial charge on any atom is 0.240 e. The number of carbonyl (C=O) groups excluding carboxylic acids is 2. The molecule has 1 saturated heterocycles. The second-order valence-corrected chi connectivity index (χ2v) is 8.07. The highest BCUT2D eigenvalue weighted by molar-refractivity contribution is 8.15. The maximum atomic E-state index is 12.4. The lowest BCUT2D eigenvalue weighted by Gasteiger charge is -2.12. The van der Waals surface area contributed by atoms with Crippen LogP contribution in [0.4, 0.5) is 5.69 Å². The van der Waals surface area contributed by atoms with Crippen molar-refractivity contribution < 1.29 is 19.1 Å². The molecule has 31 heavy (non-hydrogen) atoms.